The van der Waals surface area contributed by atoms with E-state index in [0.29, 0.717) is 0 Å². The minimum Gasteiger partial charge on any atom is -0.478 e. The Balaban J connectivity index is 1.90. The summed E-state index contributed by atoms with van der Waals surface area (Å²) < 4.78 is 0. The van der Waals surface area contributed by atoms with Crippen LogP contribution in [0.2, 0.25) is 0 Å². The predicted molar refractivity (Wildman–Crippen MR) is 69.9 cm³/mol. The van der Waals surface area contributed by atoms with E-state index in [0.717, 1.165) is 17.2 Å². The summed E-state index contributed by atoms with van der Waals surface area (Å²) in [5.41, 5.74) is 1.61. The number of rotatable bonds is 5. The summed E-state index contributed by atoms with van der Waals surface area (Å²) in [6.45, 7) is 0. The highest BCUT2D eigenvalue weighted by atomic mass is 32.2. The number of aryl methyl sites for hydroxylation is 1. The minimum atomic E-state index is -0.910. The monoisotopic (exact) mass is 265 g/mol. The van der Waals surface area contributed by atoms with Crippen LogP contribution in [0.25, 0.3) is 0 Å². The first-order chi connectivity index (χ1) is 8.25. The Morgan fingerprint density at radius 1 is 1.47 bits per heavy atom. The van der Waals surface area contributed by atoms with Crippen LogP contribution >= 0.6 is 23.1 Å². The molecule has 0 spiro atoms. The largest absolute Gasteiger partial charge is 0.478 e. The Labute approximate surface area is 108 Å². The third-order valence-electron chi connectivity index (χ3n) is 2.20. The van der Waals surface area contributed by atoms with Gasteiger partial charge in [-0.15, -0.1) is 11.8 Å². The molecule has 0 fully saturated rings. The normalized spacial score (nSPS) is 10.4. The van der Waals surface area contributed by atoms with E-state index < -0.39 is 5.97 Å². The molecular formula is C12H11NO2S2. The Morgan fingerprint density at radius 3 is 3.06 bits per heavy atom. The van der Waals surface area contributed by atoms with E-state index in [1.165, 1.54) is 17.8 Å². The Hall–Kier alpha value is -1.33. The first-order valence-corrected chi connectivity index (χ1v) is 7.02. The molecule has 2 aromatic heterocycles. The number of carboxylic acids is 1. The topological polar surface area (TPSA) is 50.2 Å². The highest BCUT2D eigenvalue weighted by Gasteiger charge is 2.04. The number of pyridine rings is 1. The molecule has 0 saturated heterocycles. The van der Waals surface area contributed by atoms with Crippen molar-refractivity contribution in [2.45, 2.75) is 11.4 Å². The van der Waals surface area contributed by atoms with Crippen molar-refractivity contribution in [2.24, 2.45) is 0 Å². The molecule has 3 nitrogen and oxygen atoms in total. The molecule has 0 aromatic carbocycles. The summed E-state index contributed by atoms with van der Waals surface area (Å²) >= 11 is 3.27. The number of carbonyl (C=O) groups is 1. The summed E-state index contributed by atoms with van der Waals surface area (Å²) in [5, 5.41) is 13.8. The molecule has 0 aliphatic rings. The first-order valence-electron chi connectivity index (χ1n) is 5.09. The van der Waals surface area contributed by atoms with Crippen molar-refractivity contribution in [2.75, 3.05) is 5.75 Å². The van der Waals surface area contributed by atoms with Crippen LogP contribution in [0.1, 0.15) is 15.9 Å². The fourth-order valence-electron chi connectivity index (χ4n) is 1.33. The quantitative estimate of drug-likeness (QED) is 0.844. The second kappa shape index (κ2) is 5.84. The molecule has 2 rings (SSSR count). The van der Waals surface area contributed by atoms with Crippen LogP contribution in [0.3, 0.4) is 0 Å². The highest BCUT2D eigenvalue weighted by molar-refractivity contribution is 7.99. The van der Waals surface area contributed by atoms with Crippen molar-refractivity contribution >= 4 is 29.1 Å². The number of nitrogens with zero attached hydrogens (tertiary/aromatic N) is 1. The van der Waals surface area contributed by atoms with Crippen molar-refractivity contribution in [3.8, 4) is 0 Å². The average molecular weight is 265 g/mol. The minimum absolute atomic E-state index is 0.290. The van der Waals surface area contributed by atoms with Crippen LogP contribution in [0.4, 0.5) is 0 Å². The van der Waals surface area contributed by atoms with E-state index in [1.54, 1.807) is 29.2 Å². The third-order valence-corrected chi connectivity index (χ3v) is 3.86. The van der Waals surface area contributed by atoms with Crippen LogP contribution in [0, 0.1) is 0 Å². The van der Waals surface area contributed by atoms with Crippen LogP contribution in [0.5, 0.6) is 0 Å². The van der Waals surface area contributed by atoms with Crippen LogP contribution < -0.4 is 0 Å². The summed E-state index contributed by atoms with van der Waals surface area (Å²) in [7, 11) is 0. The number of carboxylic acid groups (broad SMARTS) is 1. The molecule has 2 aromatic rings. The van der Waals surface area contributed by atoms with E-state index in [2.05, 4.69) is 21.8 Å². The molecule has 17 heavy (non-hydrogen) atoms. The molecule has 1 N–H and O–H groups in total. The third kappa shape index (κ3) is 3.57. The fraction of sp³-hybridized carbons (Fsp3) is 0.167. The van der Waals surface area contributed by atoms with Crippen LogP contribution in [-0.2, 0) is 6.42 Å². The molecule has 0 radical (unpaired) electrons. The van der Waals surface area contributed by atoms with E-state index in [1.807, 2.05) is 0 Å². The maximum absolute atomic E-state index is 10.8. The summed E-state index contributed by atoms with van der Waals surface area (Å²) in [5.74, 6) is -0.000577. The van der Waals surface area contributed by atoms with Gasteiger partial charge in [0.25, 0.3) is 0 Å². The number of hydrogen-bond acceptors (Lipinski definition) is 4. The average Bonchev–Trinajstić information content (AvgIpc) is 2.82. The number of aromatic nitrogens is 1. The SMILES string of the molecule is O=C(O)c1ccnc(SCCc2ccsc2)c1. The highest BCUT2D eigenvalue weighted by Crippen LogP contribution is 2.18. The number of thioether (sulfide) groups is 1. The van der Waals surface area contributed by atoms with Gasteiger partial charge in [0.1, 0.15) is 0 Å². The van der Waals surface area contributed by atoms with Gasteiger partial charge in [0.15, 0.2) is 0 Å². The van der Waals surface area contributed by atoms with E-state index in [4.69, 9.17) is 5.11 Å². The van der Waals surface area contributed by atoms with Gasteiger partial charge in [-0.25, -0.2) is 9.78 Å². The van der Waals surface area contributed by atoms with Gasteiger partial charge in [0.05, 0.1) is 10.6 Å². The second-order valence-electron chi connectivity index (χ2n) is 3.42. The molecular weight excluding hydrogens is 254 g/mol. The van der Waals surface area contributed by atoms with Crippen molar-refractivity contribution in [3.63, 3.8) is 0 Å². The summed E-state index contributed by atoms with van der Waals surface area (Å²) in [4.78, 5) is 14.9. The molecule has 0 unspecified atom stereocenters. The van der Waals surface area contributed by atoms with E-state index in [9.17, 15) is 4.79 Å². The Kier molecular flexibility index (Phi) is 4.17. The van der Waals surface area contributed by atoms with Gasteiger partial charge in [0, 0.05) is 11.9 Å². The fourth-order valence-corrected chi connectivity index (χ4v) is 2.93. The number of aromatic carboxylic acids is 1. The van der Waals surface area contributed by atoms with Crippen molar-refractivity contribution in [1.82, 2.24) is 4.98 Å². The van der Waals surface area contributed by atoms with Gasteiger partial charge in [-0.05, 0) is 40.9 Å². The van der Waals surface area contributed by atoms with Gasteiger partial charge in [0.2, 0.25) is 0 Å². The van der Waals surface area contributed by atoms with Crippen LogP contribution in [-0.4, -0.2) is 21.8 Å². The Morgan fingerprint density at radius 2 is 2.35 bits per heavy atom. The molecule has 0 bridgehead atoms. The molecule has 0 saturated carbocycles. The molecule has 0 amide bonds. The Bertz CT molecular complexity index is 497. The van der Waals surface area contributed by atoms with Gasteiger partial charge in [-0.1, -0.05) is 0 Å². The molecule has 88 valence electrons. The molecule has 2 heterocycles. The standard InChI is InChI=1S/C12H11NO2S2/c14-12(15)10-1-4-13-11(7-10)17-6-3-9-2-5-16-8-9/h1-2,4-5,7-8H,3,6H2,(H,14,15). The lowest BCUT2D eigenvalue weighted by Gasteiger charge is -2.01. The van der Waals surface area contributed by atoms with Gasteiger partial charge >= 0.3 is 5.97 Å². The first kappa shape index (κ1) is 12.1. The lowest BCUT2D eigenvalue weighted by molar-refractivity contribution is 0.0696. The second-order valence-corrected chi connectivity index (χ2v) is 5.31. The molecule has 0 atom stereocenters. The lowest BCUT2D eigenvalue weighted by atomic mass is 10.3. The van der Waals surface area contributed by atoms with Crippen molar-refractivity contribution in [1.29, 1.82) is 0 Å². The predicted octanol–water partition coefficient (Wildman–Crippen LogP) is 3.18. The maximum Gasteiger partial charge on any atom is 0.335 e. The lowest BCUT2D eigenvalue weighted by Crippen LogP contribution is -1.97. The zero-order valence-electron chi connectivity index (χ0n) is 9.00. The van der Waals surface area contributed by atoms with Gasteiger partial charge in [-0.3, -0.25) is 0 Å². The maximum atomic E-state index is 10.8. The molecule has 5 heteroatoms. The smallest absolute Gasteiger partial charge is 0.335 e. The summed E-state index contributed by atoms with van der Waals surface area (Å²) in [6.07, 6.45) is 2.52. The van der Waals surface area contributed by atoms with Crippen molar-refractivity contribution in [3.05, 3.63) is 46.3 Å². The van der Waals surface area contributed by atoms with Gasteiger partial charge < -0.3 is 5.11 Å². The van der Waals surface area contributed by atoms with Gasteiger partial charge in [-0.2, -0.15) is 11.3 Å². The molecule has 0 aliphatic carbocycles. The van der Waals surface area contributed by atoms with Crippen LogP contribution in [0.15, 0.2) is 40.2 Å². The number of hydrogen-bond donors (Lipinski definition) is 1. The van der Waals surface area contributed by atoms with E-state index in [-0.39, 0.29) is 5.56 Å². The number of thiophene rings is 1. The van der Waals surface area contributed by atoms with Crippen molar-refractivity contribution < 1.29 is 9.90 Å². The summed E-state index contributed by atoms with van der Waals surface area (Å²) in [6, 6.07) is 5.22. The zero-order valence-corrected chi connectivity index (χ0v) is 10.6. The van der Waals surface area contributed by atoms with E-state index >= 15 is 0 Å². The zero-order chi connectivity index (χ0) is 12.1. The molecule has 0 aliphatic heterocycles.